The van der Waals surface area contributed by atoms with E-state index in [4.69, 9.17) is 9.26 Å². The number of amides is 1. The minimum atomic E-state index is -4.74. The van der Waals surface area contributed by atoms with E-state index >= 15 is 0 Å². The molecule has 4 aromatic rings. The average Bonchev–Trinajstić information content (AvgIpc) is 3.53. The van der Waals surface area contributed by atoms with Gasteiger partial charge in [-0.1, -0.05) is 35.5 Å². The van der Waals surface area contributed by atoms with Crippen molar-refractivity contribution < 1.29 is 27.2 Å². The number of aromatic nitrogens is 3. The Morgan fingerprint density at radius 1 is 1.03 bits per heavy atom. The Bertz CT molecular complexity index is 1310. The van der Waals surface area contributed by atoms with Gasteiger partial charge in [-0.25, -0.2) is 4.98 Å². The van der Waals surface area contributed by atoms with Crippen LogP contribution >= 0.6 is 0 Å². The second-order valence-electron chi connectivity index (χ2n) is 8.17. The molecule has 5 rings (SSSR count). The van der Waals surface area contributed by atoms with Crippen molar-refractivity contribution in [1.29, 1.82) is 0 Å². The van der Waals surface area contributed by atoms with Crippen LogP contribution in [0.1, 0.15) is 29.0 Å². The van der Waals surface area contributed by atoms with Crippen molar-refractivity contribution >= 4 is 5.91 Å². The lowest BCUT2D eigenvalue weighted by Crippen LogP contribution is -2.38. The van der Waals surface area contributed by atoms with Crippen molar-refractivity contribution in [2.75, 3.05) is 13.2 Å². The monoisotopic (exact) mass is 482 g/mol. The number of rotatable bonds is 5. The van der Waals surface area contributed by atoms with Crippen LogP contribution in [0.2, 0.25) is 0 Å². The molecule has 1 aliphatic heterocycles. The van der Waals surface area contributed by atoms with Gasteiger partial charge in [-0.05, 0) is 37.1 Å². The molecule has 1 N–H and O–H groups in total. The molecule has 0 radical (unpaired) electrons. The number of carbonyl (C=O) groups excluding carboxylic acids is 1. The van der Waals surface area contributed by atoms with Crippen molar-refractivity contribution in [2.45, 2.75) is 25.1 Å². The van der Waals surface area contributed by atoms with Gasteiger partial charge in [-0.3, -0.25) is 4.79 Å². The Morgan fingerprint density at radius 3 is 2.43 bits per heavy atom. The number of nitrogens with one attached hydrogen (secondary N) is 1. The molecular formula is C25H21F3N4O3. The maximum absolute atomic E-state index is 13.7. The highest BCUT2D eigenvalue weighted by Gasteiger charge is 2.41. The zero-order chi connectivity index (χ0) is 24.4. The summed E-state index contributed by atoms with van der Waals surface area (Å²) in [4.78, 5) is 16.7. The Hall–Kier alpha value is -3.92. The van der Waals surface area contributed by atoms with E-state index in [-0.39, 0.29) is 28.9 Å². The largest absolute Gasteiger partial charge is 0.453 e. The second kappa shape index (κ2) is 9.38. The van der Waals surface area contributed by atoms with Crippen LogP contribution in [-0.2, 0) is 10.9 Å². The van der Waals surface area contributed by atoms with Gasteiger partial charge < -0.3 is 19.1 Å². The summed E-state index contributed by atoms with van der Waals surface area (Å²) in [5.41, 5.74) is 1.51. The third-order valence-electron chi connectivity index (χ3n) is 5.82. The minimum Gasteiger partial charge on any atom is -0.381 e. The normalized spacial score (nSPS) is 14.7. The van der Waals surface area contributed by atoms with Crippen LogP contribution in [0.5, 0.6) is 0 Å². The summed E-state index contributed by atoms with van der Waals surface area (Å²) in [6, 6.07) is 15.3. The van der Waals surface area contributed by atoms with E-state index in [1.54, 1.807) is 59.2 Å². The highest BCUT2D eigenvalue weighted by Crippen LogP contribution is 2.42. The molecule has 0 unspecified atom stereocenters. The number of imidazole rings is 1. The van der Waals surface area contributed by atoms with Gasteiger partial charge in [0.05, 0.1) is 17.6 Å². The van der Waals surface area contributed by atoms with Crippen LogP contribution in [-0.4, -0.2) is 39.9 Å². The topological polar surface area (TPSA) is 82.2 Å². The van der Waals surface area contributed by atoms with Crippen LogP contribution < -0.4 is 5.32 Å². The van der Waals surface area contributed by atoms with E-state index in [9.17, 15) is 18.0 Å². The molecule has 1 saturated heterocycles. The van der Waals surface area contributed by atoms with E-state index in [2.05, 4.69) is 15.5 Å². The molecule has 1 fully saturated rings. The summed E-state index contributed by atoms with van der Waals surface area (Å²) in [7, 11) is 0. The summed E-state index contributed by atoms with van der Waals surface area (Å²) in [6.45, 7) is 1.25. The van der Waals surface area contributed by atoms with Gasteiger partial charge in [0, 0.05) is 42.3 Å². The van der Waals surface area contributed by atoms with Crippen molar-refractivity contribution in [3.05, 3.63) is 78.4 Å². The zero-order valence-electron chi connectivity index (χ0n) is 18.5. The fourth-order valence-corrected chi connectivity index (χ4v) is 4.00. The molecule has 3 heterocycles. The number of benzene rings is 2. The molecule has 10 heteroatoms. The summed E-state index contributed by atoms with van der Waals surface area (Å²) < 4.78 is 52.6. The third-order valence-corrected chi connectivity index (χ3v) is 5.82. The summed E-state index contributed by atoms with van der Waals surface area (Å²) in [6.07, 6.45) is -0.303. The maximum Gasteiger partial charge on any atom is 0.453 e. The molecular weight excluding hydrogens is 461 g/mol. The smallest absolute Gasteiger partial charge is 0.381 e. The van der Waals surface area contributed by atoms with Gasteiger partial charge in [0.25, 0.3) is 5.91 Å². The van der Waals surface area contributed by atoms with Gasteiger partial charge >= 0.3 is 6.18 Å². The molecule has 2 aromatic carbocycles. The van der Waals surface area contributed by atoms with Crippen LogP contribution in [0.25, 0.3) is 28.2 Å². The first-order chi connectivity index (χ1) is 16.9. The summed E-state index contributed by atoms with van der Waals surface area (Å²) >= 11 is 0. The van der Waals surface area contributed by atoms with E-state index in [0.717, 1.165) is 12.8 Å². The fraction of sp³-hybridized carbons (Fsp3) is 0.240. The highest BCUT2D eigenvalue weighted by atomic mass is 19.4. The molecule has 0 bridgehead atoms. The number of hydrogen-bond donors (Lipinski definition) is 1. The Morgan fingerprint density at radius 2 is 1.74 bits per heavy atom. The number of hydrogen-bond acceptors (Lipinski definition) is 5. The standard InChI is InChI=1S/C25H21F3N4O3/c26-25(27,28)23-21(22(31-35-23)16-4-2-1-3-5-16)20-14-32(15-29-20)19-8-6-17(7-9-19)24(33)30-18-10-12-34-13-11-18/h1-9,14-15,18H,10-13H2,(H,30,33). The molecule has 35 heavy (non-hydrogen) atoms. The molecule has 7 nitrogen and oxygen atoms in total. The number of nitrogens with zero attached hydrogens (tertiary/aromatic N) is 3. The number of ether oxygens (including phenoxy) is 1. The van der Waals surface area contributed by atoms with E-state index in [1.165, 1.54) is 12.5 Å². The number of halogens is 3. The molecule has 0 saturated carbocycles. The van der Waals surface area contributed by atoms with Crippen LogP contribution in [0, 0.1) is 0 Å². The minimum absolute atomic E-state index is 0.0586. The number of carbonyl (C=O) groups is 1. The lowest BCUT2D eigenvalue weighted by molar-refractivity contribution is -0.154. The second-order valence-corrected chi connectivity index (χ2v) is 8.17. The maximum atomic E-state index is 13.7. The predicted octanol–water partition coefficient (Wildman–Crippen LogP) is 5.12. The lowest BCUT2D eigenvalue weighted by atomic mass is 10.0. The first-order valence-electron chi connectivity index (χ1n) is 11.1. The molecule has 0 aliphatic carbocycles. The van der Waals surface area contributed by atoms with Gasteiger partial charge in [0.1, 0.15) is 5.69 Å². The Kier molecular flexibility index (Phi) is 6.12. The van der Waals surface area contributed by atoms with Gasteiger partial charge in [0.2, 0.25) is 5.76 Å². The van der Waals surface area contributed by atoms with Gasteiger partial charge in [-0.2, -0.15) is 13.2 Å². The van der Waals surface area contributed by atoms with Crippen molar-refractivity contribution in [3.8, 4) is 28.2 Å². The van der Waals surface area contributed by atoms with Crippen molar-refractivity contribution in [2.24, 2.45) is 0 Å². The highest BCUT2D eigenvalue weighted by molar-refractivity contribution is 5.94. The predicted molar refractivity (Wildman–Crippen MR) is 121 cm³/mol. The molecule has 180 valence electrons. The third kappa shape index (κ3) is 4.83. The lowest BCUT2D eigenvalue weighted by Gasteiger charge is -2.23. The van der Waals surface area contributed by atoms with Crippen molar-refractivity contribution in [1.82, 2.24) is 20.0 Å². The molecule has 1 aliphatic rings. The van der Waals surface area contributed by atoms with E-state index < -0.39 is 11.9 Å². The van der Waals surface area contributed by atoms with Crippen LogP contribution in [0.4, 0.5) is 13.2 Å². The van der Waals surface area contributed by atoms with Gasteiger partial charge in [-0.15, -0.1) is 0 Å². The molecule has 1 amide bonds. The first kappa shape index (κ1) is 22.9. The first-order valence-corrected chi connectivity index (χ1v) is 11.1. The van der Waals surface area contributed by atoms with Gasteiger partial charge in [0.15, 0.2) is 0 Å². The summed E-state index contributed by atoms with van der Waals surface area (Å²) in [5, 5.41) is 6.69. The zero-order valence-corrected chi connectivity index (χ0v) is 18.5. The van der Waals surface area contributed by atoms with E-state index in [1.807, 2.05) is 0 Å². The van der Waals surface area contributed by atoms with Crippen LogP contribution in [0.15, 0.2) is 71.6 Å². The average molecular weight is 482 g/mol. The molecule has 0 atom stereocenters. The fourth-order valence-electron chi connectivity index (χ4n) is 4.00. The summed E-state index contributed by atoms with van der Waals surface area (Å²) in [5.74, 6) is -1.39. The Labute approximate surface area is 198 Å². The van der Waals surface area contributed by atoms with E-state index in [0.29, 0.717) is 30.0 Å². The van der Waals surface area contributed by atoms with Crippen LogP contribution in [0.3, 0.4) is 0 Å². The molecule has 2 aromatic heterocycles. The van der Waals surface area contributed by atoms with Crippen molar-refractivity contribution in [3.63, 3.8) is 0 Å². The SMILES string of the molecule is O=C(NC1CCOCC1)c1ccc(-n2cnc(-c3c(-c4ccccc4)noc3C(F)(F)F)c2)cc1. The molecule has 0 spiro atoms. The quantitative estimate of drug-likeness (QED) is 0.427. The number of alkyl halides is 3. The Balaban J connectivity index is 1.42.